The fourth-order valence-electron chi connectivity index (χ4n) is 1.61. The molecule has 0 aromatic carbocycles. The van der Waals surface area contributed by atoms with Crippen molar-refractivity contribution in [3.8, 4) is 0 Å². The van der Waals surface area contributed by atoms with E-state index in [0.29, 0.717) is 11.0 Å². The minimum Gasteiger partial charge on any atom is -0.366 e. The number of anilines is 1. The molecule has 1 aliphatic heterocycles. The molecule has 6 heteroatoms. The molecule has 2 heterocycles. The van der Waals surface area contributed by atoms with Crippen molar-refractivity contribution in [2.75, 3.05) is 18.0 Å². The Labute approximate surface area is 96.0 Å². The average Bonchev–Trinajstić information content (AvgIpc) is 2.18. The molecule has 0 radical (unpaired) electrons. The third-order valence-corrected chi connectivity index (χ3v) is 3.26. The quantitative estimate of drug-likeness (QED) is 0.834. The Hall–Kier alpha value is -0.880. The van der Waals surface area contributed by atoms with E-state index in [-0.39, 0.29) is 11.6 Å². The van der Waals surface area contributed by atoms with E-state index in [1.54, 1.807) is 6.20 Å². The van der Waals surface area contributed by atoms with E-state index in [1.165, 1.54) is 4.68 Å². The molecule has 1 aliphatic rings. The molecule has 2 N–H and O–H groups in total. The van der Waals surface area contributed by atoms with Gasteiger partial charge in [-0.05, 0) is 22.9 Å². The minimum absolute atomic E-state index is 0.0875. The lowest BCUT2D eigenvalue weighted by atomic mass is 10.1. The molecule has 0 spiro atoms. The molecule has 0 amide bonds. The molecular weight excluding hydrogens is 260 g/mol. The van der Waals surface area contributed by atoms with Crippen molar-refractivity contribution in [1.29, 1.82) is 0 Å². The largest absolute Gasteiger partial charge is 0.366 e. The molecule has 15 heavy (non-hydrogen) atoms. The molecule has 1 aromatic heterocycles. The van der Waals surface area contributed by atoms with Gasteiger partial charge >= 0.3 is 0 Å². The Bertz CT molecular complexity index is 425. The lowest BCUT2D eigenvalue weighted by Gasteiger charge is -2.38. The predicted molar refractivity (Wildman–Crippen MR) is 62.1 cm³/mol. The Morgan fingerprint density at radius 1 is 1.67 bits per heavy atom. The van der Waals surface area contributed by atoms with Gasteiger partial charge in [0.1, 0.15) is 4.47 Å². The molecule has 5 nitrogen and oxygen atoms in total. The molecule has 0 unspecified atom stereocenters. The number of hydrogen-bond acceptors (Lipinski definition) is 4. The second-order valence-corrected chi connectivity index (χ2v) is 4.42. The first-order valence-electron chi connectivity index (χ1n) is 4.89. The van der Waals surface area contributed by atoms with Crippen LogP contribution < -0.4 is 16.2 Å². The number of halogens is 1. The van der Waals surface area contributed by atoms with E-state index in [4.69, 9.17) is 5.73 Å². The van der Waals surface area contributed by atoms with Gasteiger partial charge in [0.25, 0.3) is 5.56 Å². The lowest BCUT2D eigenvalue weighted by molar-refractivity contribution is 0.513. The highest BCUT2D eigenvalue weighted by atomic mass is 79.9. The smallest absolute Gasteiger partial charge is 0.283 e. The van der Waals surface area contributed by atoms with Crippen LogP contribution in [0.25, 0.3) is 0 Å². The maximum Gasteiger partial charge on any atom is 0.283 e. The molecule has 0 saturated carbocycles. The topological polar surface area (TPSA) is 64.2 Å². The van der Waals surface area contributed by atoms with Crippen LogP contribution in [0.5, 0.6) is 0 Å². The first-order valence-corrected chi connectivity index (χ1v) is 5.69. The summed E-state index contributed by atoms with van der Waals surface area (Å²) in [6, 6.07) is 0.213. The number of aromatic nitrogens is 2. The van der Waals surface area contributed by atoms with Gasteiger partial charge in [-0.15, -0.1) is 0 Å². The summed E-state index contributed by atoms with van der Waals surface area (Å²) in [7, 11) is 0. The van der Waals surface area contributed by atoms with Crippen molar-refractivity contribution in [3.05, 3.63) is 21.0 Å². The maximum absolute atomic E-state index is 11.7. The van der Waals surface area contributed by atoms with Crippen molar-refractivity contribution in [2.24, 2.45) is 5.73 Å². The van der Waals surface area contributed by atoms with E-state index in [0.717, 1.165) is 18.8 Å². The molecule has 1 fully saturated rings. The fourth-order valence-corrected chi connectivity index (χ4v) is 2.17. The SMILES string of the molecule is CCn1ncc(N2CC(N)C2)c(Br)c1=O. The Morgan fingerprint density at radius 3 is 2.87 bits per heavy atom. The zero-order chi connectivity index (χ0) is 11.0. The van der Waals surface area contributed by atoms with Crippen molar-refractivity contribution in [3.63, 3.8) is 0 Å². The highest BCUT2D eigenvalue weighted by Gasteiger charge is 2.26. The predicted octanol–water partition coefficient (Wildman–Crippen LogP) is 0.173. The van der Waals surface area contributed by atoms with Crippen molar-refractivity contribution in [2.45, 2.75) is 19.5 Å². The van der Waals surface area contributed by atoms with Crippen LogP contribution in [0, 0.1) is 0 Å². The Balaban J connectivity index is 2.34. The molecule has 0 bridgehead atoms. The Morgan fingerprint density at radius 2 is 2.33 bits per heavy atom. The summed E-state index contributed by atoms with van der Waals surface area (Å²) in [4.78, 5) is 13.8. The summed E-state index contributed by atoms with van der Waals surface area (Å²) >= 11 is 3.31. The van der Waals surface area contributed by atoms with Crippen molar-refractivity contribution in [1.82, 2.24) is 9.78 Å². The summed E-state index contributed by atoms with van der Waals surface area (Å²) in [5, 5.41) is 4.08. The third-order valence-electron chi connectivity index (χ3n) is 2.52. The van der Waals surface area contributed by atoms with Crippen molar-refractivity contribution < 1.29 is 0 Å². The highest BCUT2D eigenvalue weighted by molar-refractivity contribution is 9.10. The second-order valence-electron chi connectivity index (χ2n) is 3.63. The maximum atomic E-state index is 11.7. The number of nitrogens with two attached hydrogens (primary N) is 1. The van der Waals surface area contributed by atoms with Gasteiger partial charge in [-0.2, -0.15) is 5.10 Å². The van der Waals surface area contributed by atoms with E-state index in [1.807, 2.05) is 11.8 Å². The Kier molecular flexibility index (Phi) is 2.79. The van der Waals surface area contributed by atoms with Gasteiger partial charge in [-0.3, -0.25) is 4.79 Å². The second kappa shape index (κ2) is 3.94. The highest BCUT2D eigenvalue weighted by Crippen LogP contribution is 2.25. The average molecular weight is 273 g/mol. The molecule has 0 aliphatic carbocycles. The van der Waals surface area contributed by atoms with Crippen LogP contribution in [-0.2, 0) is 6.54 Å². The molecular formula is C9H13BrN4O. The number of aryl methyl sites for hydroxylation is 1. The molecule has 0 atom stereocenters. The molecule has 2 rings (SSSR count). The van der Waals surface area contributed by atoms with Crippen LogP contribution in [0.3, 0.4) is 0 Å². The summed E-state index contributed by atoms with van der Waals surface area (Å²) in [6.07, 6.45) is 1.71. The van der Waals surface area contributed by atoms with Crippen LogP contribution >= 0.6 is 15.9 Å². The number of nitrogens with zero attached hydrogens (tertiary/aromatic N) is 3. The summed E-state index contributed by atoms with van der Waals surface area (Å²) < 4.78 is 2.00. The fraction of sp³-hybridized carbons (Fsp3) is 0.556. The van der Waals surface area contributed by atoms with Gasteiger partial charge in [0.15, 0.2) is 0 Å². The summed E-state index contributed by atoms with van der Waals surface area (Å²) in [6.45, 7) is 4.04. The van der Waals surface area contributed by atoms with Gasteiger partial charge in [0.2, 0.25) is 0 Å². The van der Waals surface area contributed by atoms with Gasteiger partial charge in [0, 0.05) is 25.7 Å². The van der Waals surface area contributed by atoms with E-state index >= 15 is 0 Å². The van der Waals surface area contributed by atoms with E-state index < -0.39 is 0 Å². The zero-order valence-corrected chi connectivity index (χ0v) is 10.1. The first-order chi connectivity index (χ1) is 7.13. The van der Waals surface area contributed by atoms with Gasteiger partial charge in [-0.25, -0.2) is 4.68 Å². The van der Waals surface area contributed by atoms with Crippen LogP contribution in [-0.4, -0.2) is 28.9 Å². The number of hydrogen-bond donors (Lipinski definition) is 1. The van der Waals surface area contributed by atoms with E-state index in [9.17, 15) is 4.79 Å². The number of rotatable bonds is 2. The van der Waals surface area contributed by atoms with Gasteiger partial charge < -0.3 is 10.6 Å². The minimum atomic E-state index is -0.0875. The van der Waals surface area contributed by atoms with Crippen LogP contribution in [0.1, 0.15) is 6.92 Å². The first kappa shape index (κ1) is 10.6. The normalized spacial score (nSPS) is 16.6. The van der Waals surface area contributed by atoms with E-state index in [2.05, 4.69) is 21.0 Å². The standard InChI is InChI=1S/C9H13BrN4O/c1-2-14-9(15)8(10)7(3-12-14)13-4-6(11)5-13/h3,6H,2,4-5,11H2,1H3. The molecule has 82 valence electrons. The zero-order valence-electron chi connectivity index (χ0n) is 8.48. The van der Waals surface area contributed by atoms with Gasteiger partial charge in [-0.1, -0.05) is 0 Å². The van der Waals surface area contributed by atoms with Crippen molar-refractivity contribution >= 4 is 21.6 Å². The monoisotopic (exact) mass is 272 g/mol. The third kappa shape index (κ3) is 1.79. The summed E-state index contributed by atoms with van der Waals surface area (Å²) in [5.74, 6) is 0. The summed E-state index contributed by atoms with van der Waals surface area (Å²) in [5.41, 5.74) is 6.44. The van der Waals surface area contributed by atoms with Gasteiger partial charge in [0.05, 0.1) is 11.9 Å². The van der Waals surface area contributed by atoms with Crippen LogP contribution in [0.4, 0.5) is 5.69 Å². The lowest BCUT2D eigenvalue weighted by Crippen LogP contribution is -2.56. The molecule has 1 saturated heterocycles. The molecule has 1 aromatic rings. The van der Waals surface area contributed by atoms with Crippen LogP contribution in [0.2, 0.25) is 0 Å². The van der Waals surface area contributed by atoms with Crippen LogP contribution in [0.15, 0.2) is 15.5 Å².